The van der Waals surface area contributed by atoms with E-state index in [9.17, 15) is 4.79 Å². The fourth-order valence-corrected chi connectivity index (χ4v) is 5.15. The Morgan fingerprint density at radius 3 is 3.06 bits per heavy atom. The van der Waals surface area contributed by atoms with Crippen molar-refractivity contribution in [1.29, 1.82) is 0 Å². The average molecular weight is 246 g/mol. The summed E-state index contributed by atoms with van der Waals surface area (Å²) in [6.07, 6.45) is 10.4. The lowest BCUT2D eigenvalue weighted by Gasteiger charge is -2.45. The summed E-state index contributed by atoms with van der Waals surface area (Å²) in [5.74, 6) is 2.73. The molecular weight excluding hydrogens is 224 g/mol. The summed E-state index contributed by atoms with van der Waals surface area (Å²) >= 11 is 0. The van der Waals surface area contributed by atoms with Crippen LogP contribution in [0.25, 0.3) is 0 Å². The topological polar surface area (TPSA) is 26.3 Å². The molecule has 0 heterocycles. The molecule has 4 aliphatic carbocycles. The predicted octanol–water partition coefficient (Wildman–Crippen LogP) is 3.12. The summed E-state index contributed by atoms with van der Waals surface area (Å²) in [5.41, 5.74) is 1.44. The van der Waals surface area contributed by atoms with Crippen molar-refractivity contribution in [2.75, 3.05) is 7.11 Å². The monoisotopic (exact) mass is 246 g/mol. The normalized spacial score (nSPS) is 49.8. The zero-order chi connectivity index (χ0) is 12.3. The number of rotatable bonds is 1. The summed E-state index contributed by atoms with van der Waals surface area (Å²) in [5, 5.41) is 0. The Morgan fingerprint density at radius 1 is 1.33 bits per heavy atom. The number of allylic oxidation sites excluding steroid dienone is 1. The summed E-state index contributed by atoms with van der Waals surface area (Å²) in [6.45, 7) is 0. The van der Waals surface area contributed by atoms with Gasteiger partial charge in [-0.05, 0) is 56.4 Å². The number of hydrogen-bond acceptors (Lipinski definition) is 2. The van der Waals surface area contributed by atoms with Crippen LogP contribution in [0.2, 0.25) is 0 Å². The number of hydrogen-bond donors (Lipinski definition) is 0. The Kier molecular flexibility index (Phi) is 2.30. The fourth-order valence-electron chi connectivity index (χ4n) is 5.15. The molecule has 0 saturated heterocycles. The first-order chi connectivity index (χ1) is 8.74. The molecule has 0 amide bonds. The number of ketones is 1. The van der Waals surface area contributed by atoms with E-state index in [4.69, 9.17) is 4.74 Å². The van der Waals surface area contributed by atoms with Gasteiger partial charge in [0.2, 0.25) is 0 Å². The van der Waals surface area contributed by atoms with Gasteiger partial charge in [-0.15, -0.1) is 0 Å². The van der Waals surface area contributed by atoms with E-state index in [0.29, 0.717) is 11.7 Å². The molecule has 18 heavy (non-hydrogen) atoms. The third kappa shape index (κ3) is 1.36. The second kappa shape index (κ2) is 3.69. The van der Waals surface area contributed by atoms with E-state index in [2.05, 4.69) is 0 Å². The standard InChI is InChI=1S/C16H22O2/c1-18-16-9-12(6-11-7-14(11)16)15(17)8-10-4-2-3-5-13(10)16/h8,11-14H,2-7,9H2,1H3/t11-,12+,13-,14+,16+/m0/s1. The molecule has 4 aliphatic rings. The molecule has 0 aromatic rings. The molecule has 98 valence electrons. The molecular formula is C16H22O2. The molecule has 0 aromatic heterocycles. The Labute approximate surface area is 109 Å². The summed E-state index contributed by atoms with van der Waals surface area (Å²) < 4.78 is 6.11. The molecule has 0 unspecified atom stereocenters. The quantitative estimate of drug-likeness (QED) is 0.710. The number of ether oxygens (including phenoxy) is 1. The molecule has 0 spiro atoms. The molecule has 2 bridgehead atoms. The van der Waals surface area contributed by atoms with Crippen LogP contribution in [0, 0.1) is 23.7 Å². The maximum Gasteiger partial charge on any atom is 0.158 e. The number of carbonyl (C=O) groups is 1. The molecule has 3 saturated carbocycles. The molecule has 0 aliphatic heterocycles. The Hall–Kier alpha value is -0.630. The zero-order valence-corrected chi connectivity index (χ0v) is 11.2. The highest BCUT2D eigenvalue weighted by molar-refractivity contribution is 5.93. The van der Waals surface area contributed by atoms with Gasteiger partial charge in [-0.3, -0.25) is 4.79 Å². The van der Waals surface area contributed by atoms with Gasteiger partial charge in [0.25, 0.3) is 0 Å². The van der Waals surface area contributed by atoms with E-state index in [0.717, 1.165) is 31.1 Å². The van der Waals surface area contributed by atoms with Crippen molar-refractivity contribution in [2.24, 2.45) is 23.7 Å². The Morgan fingerprint density at radius 2 is 2.22 bits per heavy atom. The molecule has 2 nitrogen and oxygen atoms in total. The first kappa shape index (κ1) is 11.2. The largest absolute Gasteiger partial charge is 0.377 e. The van der Waals surface area contributed by atoms with Crippen LogP contribution < -0.4 is 0 Å². The molecule has 3 fully saturated rings. The van der Waals surface area contributed by atoms with Gasteiger partial charge < -0.3 is 4.74 Å². The van der Waals surface area contributed by atoms with Crippen LogP contribution in [0.1, 0.15) is 44.9 Å². The first-order valence-corrected chi connectivity index (χ1v) is 7.54. The van der Waals surface area contributed by atoms with Crippen LogP contribution in [0.5, 0.6) is 0 Å². The van der Waals surface area contributed by atoms with Crippen LogP contribution in [0.3, 0.4) is 0 Å². The summed E-state index contributed by atoms with van der Waals surface area (Å²) in [4.78, 5) is 12.4. The van der Waals surface area contributed by atoms with Gasteiger partial charge in [-0.2, -0.15) is 0 Å². The van der Waals surface area contributed by atoms with Gasteiger partial charge >= 0.3 is 0 Å². The number of methoxy groups -OCH3 is 1. The smallest absolute Gasteiger partial charge is 0.158 e. The first-order valence-electron chi connectivity index (χ1n) is 7.54. The second-order valence-corrected chi connectivity index (χ2v) is 6.82. The van der Waals surface area contributed by atoms with Crippen molar-refractivity contribution >= 4 is 5.78 Å². The van der Waals surface area contributed by atoms with Crippen molar-refractivity contribution in [1.82, 2.24) is 0 Å². The molecule has 2 heteroatoms. The highest BCUT2D eigenvalue weighted by atomic mass is 16.5. The Bertz CT molecular complexity index is 425. The van der Waals surface area contributed by atoms with E-state index >= 15 is 0 Å². The van der Waals surface area contributed by atoms with Gasteiger partial charge in [-0.25, -0.2) is 0 Å². The van der Waals surface area contributed by atoms with Gasteiger partial charge in [0.15, 0.2) is 5.78 Å². The van der Waals surface area contributed by atoms with Gasteiger partial charge in [-0.1, -0.05) is 12.0 Å². The van der Waals surface area contributed by atoms with E-state index in [1.54, 1.807) is 0 Å². The lowest BCUT2D eigenvalue weighted by molar-refractivity contribution is -0.129. The maximum atomic E-state index is 12.4. The van der Waals surface area contributed by atoms with Crippen molar-refractivity contribution < 1.29 is 9.53 Å². The minimum atomic E-state index is 0.0198. The van der Waals surface area contributed by atoms with Crippen LogP contribution in [-0.4, -0.2) is 18.5 Å². The lowest BCUT2D eigenvalue weighted by Crippen LogP contribution is -2.47. The summed E-state index contributed by atoms with van der Waals surface area (Å²) in [7, 11) is 1.89. The second-order valence-electron chi connectivity index (χ2n) is 6.82. The molecule has 5 atom stereocenters. The third-order valence-corrected chi connectivity index (χ3v) is 6.06. The molecule has 0 N–H and O–H groups in total. The van der Waals surface area contributed by atoms with Crippen LogP contribution in [0.15, 0.2) is 11.6 Å². The molecule has 0 radical (unpaired) electrons. The third-order valence-electron chi connectivity index (χ3n) is 6.06. The fraction of sp³-hybridized carbons (Fsp3) is 0.812. The highest BCUT2D eigenvalue weighted by Crippen LogP contribution is 2.63. The average Bonchev–Trinajstić information content (AvgIpc) is 3.18. The predicted molar refractivity (Wildman–Crippen MR) is 69.1 cm³/mol. The van der Waals surface area contributed by atoms with Crippen LogP contribution >= 0.6 is 0 Å². The SMILES string of the molecule is CO[C@@]12C[C@@H](C[C@H]3C[C@H]31)C(=O)C=C1CCCC[C@@H]12. The maximum absolute atomic E-state index is 12.4. The summed E-state index contributed by atoms with van der Waals surface area (Å²) in [6, 6.07) is 0. The van der Waals surface area contributed by atoms with Crippen molar-refractivity contribution in [3.63, 3.8) is 0 Å². The van der Waals surface area contributed by atoms with E-state index in [-0.39, 0.29) is 11.5 Å². The van der Waals surface area contributed by atoms with E-state index in [1.807, 2.05) is 13.2 Å². The van der Waals surface area contributed by atoms with Gasteiger partial charge in [0, 0.05) is 18.9 Å². The van der Waals surface area contributed by atoms with E-state index < -0.39 is 0 Å². The number of carbonyl (C=O) groups excluding carboxylic acids is 1. The Balaban J connectivity index is 1.81. The van der Waals surface area contributed by atoms with Crippen molar-refractivity contribution in [2.45, 2.75) is 50.5 Å². The number of fused-ring (bicyclic) bond motifs is 6. The van der Waals surface area contributed by atoms with E-state index in [1.165, 1.54) is 31.3 Å². The lowest BCUT2D eigenvalue weighted by atomic mass is 9.66. The minimum Gasteiger partial charge on any atom is -0.377 e. The van der Waals surface area contributed by atoms with Crippen molar-refractivity contribution in [3.8, 4) is 0 Å². The van der Waals surface area contributed by atoms with Gasteiger partial charge in [0.05, 0.1) is 5.60 Å². The van der Waals surface area contributed by atoms with Crippen LogP contribution in [-0.2, 0) is 9.53 Å². The molecule has 4 rings (SSSR count). The van der Waals surface area contributed by atoms with Crippen LogP contribution in [0.4, 0.5) is 0 Å². The minimum absolute atomic E-state index is 0.0198. The zero-order valence-electron chi connectivity index (χ0n) is 11.2. The van der Waals surface area contributed by atoms with Gasteiger partial charge in [0.1, 0.15) is 0 Å². The highest BCUT2D eigenvalue weighted by Gasteiger charge is 2.63. The molecule has 0 aromatic carbocycles. The van der Waals surface area contributed by atoms with Crippen molar-refractivity contribution in [3.05, 3.63) is 11.6 Å².